The van der Waals surface area contributed by atoms with Crippen molar-refractivity contribution < 1.29 is 73.8 Å². The van der Waals surface area contributed by atoms with Gasteiger partial charge in [0, 0.05) is 12.8 Å². The van der Waals surface area contributed by atoms with Crippen LogP contribution in [0.1, 0.15) is 90.9 Å². The largest absolute Gasteiger partial charge is 0.462 e. The lowest BCUT2D eigenvalue weighted by Crippen LogP contribution is -2.61. The van der Waals surface area contributed by atoms with Crippen molar-refractivity contribution in [3.8, 4) is 0 Å². The Labute approximate surface area is 270 Å². The Morgan fingerprint density at radius 3 is 1.74 bits per heavy atom. The van der Waals surface area contributed by atoms with Gasteiger partial charge in [-0.2, -0.15) is 0 Å². The Morgan fingerprint density at radius 1 is 0.609 bits per heavy atom. The summed E-state index contributed by atoms with van der Waals surface area (Å²) < 4.78 is 32.8. The number of hydrogen-bond acceptors (Lipinski definition) is 15. The van der Waals surface area contributed by atoms with E-state index in [4.69, 9.17) is 28.4 Å². The Bertz CT molecular complexity index is 845. The molecule has 0 aromatic carbocycles. The Hall–Kier alpha value is -1.50. The molecule has 0 aromatic rings. The summed E-state index contributed by atoms with van der Waals surface area (Å²) in [5.74, 6) is -0.963. The number of rotatable bonds is 22. The van der Waals surface area contributed by atoms with Gasteiger partial charge in [0.05, 0.1) is 19.8 Å². The smallest absolute Gasteiger partial charge is 0.306 e. The summed E-state index contributed by atoms with van der Waals surface area (Å²) in [6.07, 6.45) is -6.85. The van der Waals surface area contributed by atoms with Gasteiger partial charge in [-0.25, -0.2) is 0 Å². The van der Waals surface area contributed by atoms with Crippen molar-refractivity contribution in [2.24, 2.45) is 0 Å². The van der Waals surface area contributed by atoms with E-state index in [-0.39, 0.29) is 26.1 Å². The highest BCUT2D eigenvalue weighted by Crippen LogP contribution is 2.26. The standard InChI is InChI=1S/C31H56O15/c1-3-5-7-8-9-10-12-14-23(34)44-19(16-41-22(33)13-11-6-4-2)17-42-30-29(40)27(38)25(36)21(46-30)18-43-31-28(39)26(37)24(35)20(15-32)45-31/h19-21,24-32,35-40H,3-18H2,1-2H3. The molecule has 15 heteroatoms. The van der Waals surface area contributed by atoms with Crippen LogP contribution in [-0.2, 0) is 38.0 Å². The van der Waals surface area contributed by atoms with Crippen LogP contribution in [0.25, 0.3) is 0 Å². The van der Waals surface area contributed by atoms with Gasteiger partial charge in [-0.05, 0) is 12.8 Å². The summed E-state index contributed by atoms with van der Waals surface area (Å²) in [7, 11) is 0. The number of esters is 2. The number of carbonyl (C=O) groups is 2. The molecular formula is C31H56O15. The third-order valence-electron chi connectivity index (χ3n) is 8.09. The molecule has 2 fully saturated rings. The van der Waals surface area contributed by atoms with E-state index in [9.17, 15) is 45.3 Å². The molecule has 11 unspecified atom stereocenters. The fraction of sp³-hybridized carbons (Fsp3) is 0.935. The molecule has 2 aliphatic rings. The molecule has 11 atom stereocenters. The van der Waals surface area contributed by atoms with E-state index in [2.05, 4.69) is 6.92 Å². The molecule has 46 heavy (non-hydrogen) atoms. The van der Waals surface area contributed by atoms with Crippen molar-refractivity contribution in [2.45, 2.75) is 158 Å². The Kier molecular flexibility index (Phi) is 19.6. The highest BCUT2D eigenvalue weighted by atomic mass is 16.7. The second kappa shape index (κ2) is 22.2. The van der Waals surface area contributed by atoms with Crippen molar-refractivity contribution in [2.75, 3.05) is 26.4 Å². The van der Waals surface area contributed by atoms with Gasteiger partial charge in [-0.3, -0.25) is 9.59 Å². The van der Waals surface area contributed by atoms with Crippen LogP contribution in [-0.4, -0.2) is 142 Å². The van der Waals surface area contributed by atoms with E-state index in [0.717, 1.165) is 44.9 Å². The van der Waals surface area contributed by atoms with Crippen LogP contribution in [0.3, 0.4) is 0 Å². The molecule has 0 amide bonds. The predicted molar refractivity (Wildman–Crippen MR) is 160 cm³/mol. The van der Waals surface area contributed by atoms with Gasteiger partial charge in [0.1, 0.15) is 55.4 Å². The molecule has 0 aromatic heterocycles. The minimum absolute atomic E-state index is 0.166. The van der Waals surface area contributed by atoms with Crippen LogP contribution in [0.4, 0.5) is 0 Å². The lowest BCUT2D eigenvalue weighted by molar-refractivity contribution is -0.332. The number of unbranched alkanes of at least 4 members (excludes halogenated alkanes) is 8. The monoisotopic (exact) mass is 668 g/mol. The quantitative estimate of drug-likeness (QED) is 0.0585. The maximum Gasteiger partial charge on any atom is 0.306 e. The van der Waals surface area contributed by atoms with E-state index in [0.29, 0.717) is 12.8 Å². The first-order valence-electron chi connectivity index (χ1n) is 16.6. The summed E-state index contributed by atoms with van der Waals surface area (Å²) in [5.41, 5.74) is 0. The molecule has 0 radical (unpaired) electrons. The number of aliphatic hydroxyl groups excluding tert-OH is 7. The zero-order valence-electron chi connectivity index (χ0n) is 27.1. The second-order valence-electron chi connectivity index (χ2n) is 12.0. The predicted octanol–water partition coefficient (Wildman–Crippen LogP) is -0.197. The van der Waals surface area contributed by atoms with Gasteiger partial charge in [0.25, 0.3) is 0 Å². The first-order valence-corrected chi connectivity index (χ1v) is 16.6. The SMILES string of the molecule is CCCCCCCCCC(=O)OC(COC(=O)CCCCC)COC1OC(COC2OC(CO)C(O)C(O)C2O)C(O)C(O)C1O. The Morgan fingerprint density at radius 2 is 1.11 bits per heavy atom. The number of aliphatic hydroxyl groups is 7. The van der Waals surface area contributed by atoms with Crippen molar-refractivity contribution in [3.05, 3.63) is 0 Å². The summed E-state index contributed by atoms with van der Waals surface area (Å²) >= 11 is 0. The molecule has 0 saturated carbocycles. The zero-order valence-corrected chi connectivity index (χ0v) is 27.1. The van der Waals surface area contributed by atoms with Crippen LogP contribution in [0.5, 0.6) is 0 Å². The van der Waals surface area contributed by atoms with Gasteiger partial charge < -0.3 is 64.2 Å². The lowest BCUT2D eigenvalue weighted by atomic mass is 9.98. The Balaban J connectivity index is 1.95. The average molecular weight is 669 g/mol. The highest BCUT2D eigenvalue weighted by Gasteiger charge is 2.47. The van der Waals surface area contributed by atoms with E-state index in [1.54, 1.807) is 0 Å². The molecule has 15 nitrogen and oxygen atoms in total. The van der Waals surface area contributed by atoms with Crippen LogP contribution < -0.4 is 0 Å². The summed E-state index contributed by atoms with van der Waals surface area (Å²) in [6.45, 7) is 2.27. The normalized spacial score (nSPS) is 32.2. The molecule has 2 heterocycles. The van der Waals surface area contributed by atoms with Crippen molar-refractivity contribution in [3.63, 3.8) is 0 Å². The maximum absolute atomic E-state index is 12.6. The van der Waals surface area contributed by atoms with Crippen molar-refractivity contribution in [1.29, 1.82) is 0 Å². The van der Waals surface area contributed by atoms with E-state index < -0.39 is 92.7 Å². The zero-order chi connectivity index (χ0) is 34.1. The molecule has 2 saturated heterocycles. The van der Waals surface area contributed by atoms with Crippen LogP contribution in [0.2, 0.25) is 0 Å². The third kappa shape index (κ3) is 13.5. The fourth-order valence-corrected chi connectivity index (χ4v) is 5.15. The molecule has 270 valence electrons. The van der Waals surface area contributed by atoms with Crippen LogP contribution in [0, 0.1) is 0 Å². The summed E-state index contributed by atoms with van der Waals surface area (Å²) in [5, 5.41) is 71.0. The van der Waals surface area contributed by atoms with E-state index >= 15 is 0 Å². The average Bonchev–Trinajstić information content (AvgIpc) is 3.04. The molecular weight excluding hydrogens is 612 g/mol. The van der Waals surface area contributed by atoms with Crippen molar-refractivity contribution in [1.82, 2.24) is 0 Å². The third-order valence-corrected chi connectivity index (χ3v) is 8.09. The first kappa shape index (κ1) is 40.7. The molecule has 0 bridgehead atoms. The maximum atomic E-state index is 12.6. The van der Waals surface area contributed by atoms with Gasteiger partial charge in [0.15, 0.2) is 18.7 Å². The highest BCUT2D eigenvalue weighted by molar-refractivity contribution is 5.70. The molecule has 0 aliphatic carbocycles. The fourth-order valence-electron chi connectivity index (χ4n) is 5.15. The molecule has 0 spiro atoms. The lowest BCUT2D eigenvalue weighted by Gasteiger charge is -2.42. The van der Waals surface area contributed by atoms with Gasteiger partial charge in [-0.1, -0.05) is 65.2 Å². The molecule has 7 N–H and O–H groups in total. The molecule has 2 rings (SSSR count). The van der Waals surface area contributed by atoms with Gasteiger partial charge >= 0.3 is 11.9 Å². The van der Waals surface area contributed by atoms with Crippen LogP contribution >= 0.6 is 0 Å². The van der Waals surface area contributed by atoms with Crippen LogP contribution in [0.15, 0.2) is 0 Å². The van der Waals surface area contributed by atoms with Crippen molar-refractivity contribution >= 4 is 11.9 Å². The summed E-state index contributed by atoms with van der Waals surface area (Å²) in [4.78, 5) is 24.8. The molecule has 2 aliphatic heterocycles. The number of hydrogen-bond donors (Lipinski definition) is 7. The van der Waals surface area contributed by atoms with Gasteiger partial charge in [-0.15, -0.1) is 0 Å². The number of carbonyl (C=O) groups excluding carboxylic acids is 2. The topological polar surface area (TPSA) is 231 Å². The minimum atomic E-state index is -1.75. The van der Waals surface area contributed by atoms with E-state index in [1.807, 2.05) is 6.92 Å². The second-order valence-corrected chi connectivity index (χ2v) is 12.0. The van der Waals surface area contributed by atoms with E-state index in [1.165, 1.54) is 6.42 Å². The van der Waals surface area contributed by atoms with Gasteiger partial charge in [0.2, 0.25) is 0 Å². The first-order chi connectivity index (χ1) is 22.0. The minimum Gasteiger partial charge on any atom is -0.462 e. The summed E-state index contributed by atoms with van der Waals surface area (Å²) in [6, 6.07) is 0. The number of ether oxygens (including phenoxy) is 6.